The summed E-state index contributed by atoms with van der Waals surface area (Å²) < 4.78 is 72.5. The van der Waals surface area contributed by atoms with Gasteiger partial charge in [0.25, 0.3) is 0 Å². The minimum Gasteiger partial charge on any atom is -0.361 e. The fourth-order valence-corrected chi connectivity index (χ4v) is 6.23. The molecule has 1 aromatic heterocycles. The van der Waals surface area contributed by atoms with Crippen LogP contribution in [0.4, 0.5) is 5.69 Å². The fraction of sp³-hybridized carbons (Fsp3) is 0.206. The number of fused-ring (bicyclic) bond motifs is 6. The van der Waals surface area contributed by atoms with Gasteiger partial charge < -0.3 is 9.47 Å². The molecule has 182 valence electrons. The summed E-state index contributed by atoms with van der Waals surface area (Å²) in [4.78, 5) is 2.24. The van der Waals surface area contributed by atoms with Gasteiger partial charge in [-0.05, 0) is 73.8 Å². The van der Waals surface area contributed by atoms with Gasteiger partial charge in [0.1, 0.15) is 13.1 Å². The summed E-state index contributed by atoms with van der Waals surface area (Å²) in [6, 6.07) is 7.31. The average molecular weight is 491 g/mol. The average Bonchev–Trinajstić information content (AvgIpc) is 3.51. The lowest BCUT2D eigenvalue weighted by atomic mass is 9.84. The molecule has 2 atom stereocenters. The van der Waals surface area contributed by atoms with Gasteiger partial charge in [-0.15, -0.1) is 0 Å². The lowest BCUT2D eigenvalue weighted by molar-refractivity contribution is -0.425. The zero-order valence-corrected chi connectivity index (χ0v) is 21.5. The Balaban J connectivity index is 1.50. The van der Waals surface area contributed by atoms with Crippen LogP contribution in [0.3, 0.4) is 0 Å². The zero-order valence-electron chi connectivity index (χ0n) is 29.5. The Morgan fingerprint density at radius 1 is 0.865 bits per heavy atom. The second-order valence-electron chi connectivity index (χ2n) is 10.2. The van der Waals surface area contributed by atoms with Crippen LogP contribution in [0.5, 0.6) is 0 Å². The number of nitrogens with zero attached hydrogens (tertiary/aromatic N) is 3. The molecule has 3 nitrogen and oxygen atoms in total. The topological polar surface area (TPSA) is 11.2 Å². The van der Waals surface area contributed by atoms with Gasteiger partial charge in [0, 0.05) is 40.7 Å². The first-order valence-corrected chi connectivity index (χ1v) is 12.5. The lowest BCUT2D eigenvalue weighted by Gasteiger charge is -2.28. The van der Waals surface area contributed by atoms with Crippen molar-refractivity contribution in [2.75, 3.05) is 19.0 Å². The van der Waals surface area contributed by atoms with Gasteiger partial charge >= 0.3 is 0 Å². The summed E-state index contributed by atoms with van der Waals surface area (Å²) >= 11 is 0. The van der Waals surface area contributed by atoms with E-state index in [0.717, 1.165) is 11.3 Å². The number of anilines is 1. The van der Waals surface area contributed by atoms with E-state index in [1.165, 1.54) is 28.0 Å². The van der Waals surface area contributed by atoms with E-state index < -0.39 is 24.2 Å². The van der Waals surface area contributed by atoms with Gasteiger partial charge in [-0.25, -0.2) is 4.58 Å². The molecule has 0 aliphatic carbocycles. The van der Waals surface area contributed by atoms with E-state index in [1.807, 2.05) is 18.2 Å². The monoisotopic (exact) mass is 490 g/mol. The van der Waals surface area contributed by atoms with Crippen LogP contribution in [0.2, 0.25) is 0 Å². The zero-order chi connectivity index (χ0) is 32.4. The number of hydrogen-bond donors (Lipinski definition) is 0. The fourth-order valence-electron chi connectivity index (χ4n) is 6.23. The molecule has 0 saturated carbocycles. The van der Waals surface area contributed by atoms with Crippen LogP contribution in [-0.2, 0) is 0 Å². The van der Waals surface area contributed by atoms with Crippen LogP contribution < -0.4 is 4.90 Å². The predicted octanol–water partition coefficient (Wildman–Crippen LogP) is 7.27. The van der Waals surface area contributed by atoms with Gasteiger partial charge in [-0.3, -0.25) is 0 Å². The highest BCUT2D eigenvalue weighted by Gasteiger charge is 2.45. The minimum absolute atomic E-state index is 0.00195. The first-order valence-electron chi connectivity index (χ1n) is 16.5. The van der Waals surface area contributed by atoms with Crippen LogP contribution in [0.1, 0.15) is 44.7 Å². The molecular weight excluding hydrogens is 450 g/mol. The highest BCUT2D eigenvalue weighted by Crippen LogP contribution is 2.45. The molecule has 0 saturated heterocycles. The van der Waals surface area contributed by atoms with Crippen molar-refractivity contribution in [2.45, 2.75) is 32.7 Å². The summed E-state index contributed by atoms with van der Waals surface area (Å²) in [6.45, 7) is 6.41. The molecule has 5 aromatic rings. The molecule has 0 amide bonds. The van der Waals surface area contributed by atoms with Crippen molar-refractivity contribution in [2.24, 2.45) is 0 Å². The molecular formula is C34H32N3+. The first kappa shape index (κ1) is 15.2. The maximum Gasteiger partial charge on any atom is 0.212 e. The standard InChI is InChI=1S/C34H32N3/c1-21-18-22(2)23(3)29(19-21)33-34-28(16-17-35(33)4)27-15-14-24(20-32(27)36(34)5)37-30-12-8-6-10-25(30)26-11-7-9-13-31(26)37/h6-20,28,34H,1-5H3/q+1/i6D,7D,8D,9D,10D,11D,12D,13D. The van der Waals surface area contributed by atoms with Crippen LogP contribution in [0.15, 0.2) is 90.9 Å². The van der Waals surface area contributed by atoms with Gasteiger partial charge in [0.15, 0.2) is 6.20 Å². The Morgan fingerprint density at radius 2 is 1.54 bits per heavy atom. The third-order valence-electron chi connectivity index (χ3n) is 8.07. The number of benzene rings is 4. The maximum absolute atomic E-state index is 8.86. The van der Waals surface area contributed by atoms with E-state index in [4.69, 9.17) is 11.0 Å². The van der Waals surface area contributed by atoms with Crippen LogP contribution in [0, 0.1) is 20.8 Å². The molecule has 4 aromatic carbocycles. The van der Waals surface area contributed by atoms with Crippen molar-refractivity contribution in [3.05, 3.63) is 119 Å². The van der Waals surface area contributed by atoms with Crippen molar-refractivity contribution in [3.63, 3.8) is 0 Å². The number of likely N-dealkylation sites (N-methyl/N-ethyl adjacent to an activating group) is 1. The van der Waals surface area contributed by atoms with E-state index in [-0.39, 0.29) is 57.9 Å². The highest BCUT2D eigenvalue weighted by atomic mass is 15.2. The van der Waals surface area contributed by atoms with E-state index in [9.17, 15) is 0 Å². The van der Waals surface area contributed by atoms with Gasteiger partial charge in [0.2, 0.25) is 5.71 Å². The highest BCUT2D eigenvalue weighted by molar-refractivity contribution is 6.09. The summed E-state index contributed by atoms with van der Waals surface area (Å²) in [5.41, 5.74) is 8.90. The Bertz CT molecular complexity index is 2150. The molecule has 2 aliphatic rings. The maximum atomic E-state index is 8.86. The van der Waals surface area contributed by atoms with Crippen molar-refractivity contribution < 1.29 is 15.5 Å². The van der Waals surface area contributed by atoms with Crippen molar-refractivity contribution in [1.29, 1.82) is 0 Å². The molecule has 0 fully saturated rings. The SMILES string of the molecule is [2H]c1c([2H])c([2H])c2c(c1[2H])c1c([2H])c([2H])c([2H])c([2H])c1n2-c1ccc2c(c1)N(C)C1C(c3cc(C)cc(C)c3C)=[N+](C)C=CC21. The Hall–Kier alpha value is -4.11. The van der Waals surface area contributed by atoms with Crippen molar-refractivity contribution >= 4 is 33.2 Å². The normalized spacial score (nSPS) is 21.7. The lowest BCUT2D eigenvalue weighted by Crippen LogP contribution is -2.44. The Morgan fingerprint density at radius 3 is 2.24 bits per heavy atom. The van der Waals surface area contributed by atoms with E-state index >= 15 is 0 Å². The molecule has 0 radical (unpaired) electrons. The molecule has 2 aliphatic heterocycles. The van der Waals surface area contributed by atoms with Crippen molar-refractivity contribution in [1.82, 2.24) is 4.57 Å². The molecule has 7 rings (SSSR count). The minimum atomic E-state index is -0.447. The second-order valence-corrected chi connectivity index (χ2v) is 10.2. The third kappa shape index (κ3) is 3.10. The van der Waals surface area contributed by atoms with Gasteiger partial charge in [-0.1, -0.05) is 54.0 Å². The number of para-hydroxylation sites is 2. The van der Waals surface area contributed by atoms with E-state index in [1.54, 1.807) is 4.57 Å². The first-order chi connectivity index (χ1) is 21.3. The van der Waals surface area contributed by atoms with Gasteiger partial charge in [-0.2, -0.15) is 0 Å². The quantitative estimate of drug-likeness (QED) is 0.237. The number of aryl methyl sites for hydroxylation is 2. The molecule has 37 heavy (non-hydrogen) atoms. The molecule has 2 unspecified atom stereocenters. The molecule has 0 bridgehead atoms. The van der Waals surface area contributed by atoms with E-state index in [2.05, 4.69) is 68.8 Å². The summed E-state index contributed by atoms with van der Waals surface area (Å²) in [5.74, 6) is 0.0678. The summed E-state index contributed by atoms with van der Waals surface area (Å²) in [7, 11) is 4.13. The smallest absolute Gasteiger partial charge is 0.212 e. The Labute approximate surface area is 229 Å². The number of aromatic nitrogens is 1. The van der Waals surface area contributed by atoms with Crippen molar-refractivity contribution in [3.8, 4) is 5.69 Å². The molecule has 3 heteroatoms. The molecule has 0 spiro atoms. The van der Waals surface area contributed by atoms with Crippen LogP contribution in [0.25, 0.3) is 27.5 Å². The van der Waals surface area contributed by atoms with Crippen LogP contribution >= 0.6 is 0 Å². The number of hydrogen-bond acceptors (Lipinski definition) is 1. The van der Waals surface area contributed by atoms with E-state index in [0.29, 0.717) is 5.69 Å². The Kier molecular flexibility index (Phi) is 3.27. The largest absolute Gasteiger partial charge is 0.361 e. The number of rotatable bonds is 2. The summed E-state index contributed by atoms with van der Waals surface area (Å²) in [5, 5.41) is 0.159. The van der Waals surface area contributed by atoms with Gasteiger partial charge in [0.05, 0.1) is 22.0 Å². The molecule has 0 N–H and O–H groups in total. The summed E-state index contributed by atoms with van der Waals surface area (Å²) in [6.07, 6.45) is 4.33. The third-order valence-corrected chi connectivity index (χ3v) is 8.07. The van der Waals surface area contributed by atoms with Crippen LogP contribution in [-0.4, -0.2) is 35.0 Å². The predicted molar refractivity (Wildman–Crippen MR) is 156 cm³/mol. The molecule has 3 heterocycles. The second kappa shape index (κ2) is 7.94.